The summed E-state index contributed by atoms with van der Waals surface area (Å²) < 4.78 is 30.7. The molecule has 6 heteroatoms. The van der Waals surface area contributed by atoms with Crippen LogP contribution in [-0.2, 0) is 30.5 Å². The van der Waals surface area contributed by atoms with Crippen molar-refractivity contribution in [1.29, 1.82) is 0 Å². The maximum atomic E-state index is 10.9. The van der Waals surface area contributed by atoms with Crippen molar-refractivity contribution >= 4 is 10.1 Å². The molecule has 0 spiro atoms. The van der Waals surface area contributed by atoms with E-state index in [-0.39, 0.29) is 32.7 Å². The van der Waals surface area contributed by atoms with Crippen LogP contribution in [-0.4, -0.2) is 18.0 Å². The molecule has 2 aromatic rings. The molecule has 4 nitrogen and oxygen atoms in total. The Morgan fingerprint density at radius 1 is 0.973 bits per heavy atom. The number of hydrogen-bond acceptors (Lipinski definition) is 3. The van der Waals surface area contributed by atoms with Crippen molar-refractivity contribution < 1.29 is 33.4 Å². The fourth-order valence-corrected chi connectivity index (χ4v) is 5.78. The van der Waals surface area contributed by atoms with Gasteiger partial charge in [0, 0.05) is 11.4 Å². The molecule has 1 saturated carbocycles. The van der Waals surface area contributed by atoms with Crippen LogP contribution in [0.25, 0.3) is 0 Å². The molecule has 1 aromatic carbocycles. The van der Waals surface area contributed by atoms with Gasteiger partial charge >= 0.3 is 20.4 Å². The molecule has 3 rings (SSSR count). The van der Waals surface area contributed by atoms with E-state index in [2.05, 4.69) is 46.5 Å². The molecule has 1 aromatic heterocycles. The zero-order valence-electron chi connectivity index (χ0n) is 24.9. The molecule has 0 radical (unpaired) electrons. The van der Waals surface area contributed by atoms with Gasteiger partial charge in [0.15, 0.2) is 0 Å². The van der Waals surface area contributed by atoms with E-state index in [1.807, 2.05) is 32.0 Å². The summed E-state index contributed by atoms with van der Waals surface area (Å²) in [6, 6.07) is 12.4. The Balaban J connectivity index is 0. The summed E-state index contributed by atoms with van der Waals surface area (Å²) in [5.74, 6) is 4.58. The van der Waals surface area contributed by atoms with Gasteiger partial charge in [-0.1, -0.05) is 80.0 Å². The fraction of sp³-hybridized carbons (Fsp3) is 0.581. The quantitative estimate of drug-likeness (QED) is 0.211. The molecule has 0 saturated heterocycles. The maximum Gasteiger partial charge on any atom is 2.00 e. The first-order valence-corrected chi connectivity index (χ1v) is 14.2. The number of aryl methyl sites for hydroxylation is 2. The van der Waals surface area contributed by atoms with Crippen molar-refractivity contribution in [2.24, 2.45) is 29.1 Å². The Labute approximate surface area is 242 Å². The Hall–Kier alpha value is -1.19. The fourth-order valence-electron chi connectivity index (χ4n) is 4.98. The molecule has 0 aliphatic heterocycles. The Kier molecular flexibility index (Phi) is 17.1. The summed E-state index contributed by atoms with van der Waals surface area (Å²) in [5.41, 5.74) is 3.24. The topological polar surface area (TPSA) is 67.3 Å². The molecule has 0 bridgehead atoms. The molecule has 3 atom stereocenters. The average Bonchev–Trinajstić information content (AvgIpc) is 2.73. The van der Waals surface area contributed by atoms with Gasteiger partial charge in [0.1, 0.15) is 0 Å². The first-order chi connectivity index (χ1) is 16.0. The molecule has 214 valence electrons. The normalized spacial score (nSPS) is 19.2. The van der Waals surface area contributed by atoms with Crippen LogP contribution < -0.4 is 0 Å². The van der Waals surface area contributed by atoms with Crippen molar-refractivity contribution in [2.75, 3.05) is 0 Å². The maximum absolute atomic E-state index is 10.9. The molecule has 1 N–H and O–H groups in total. The van der Waals surface area contributed by atoms with Gasteiger partial charge in [0.25, 0.3) is 0 Å². The van der Waals surface area contributed by atoms with Crippen molar-refractivity contribution in [3.05, 3.63) is 72.8 Å². The van der Waals surface area contributed by atoms with Gasteiger partial charge < -0.3 is 7.43 Å². The van der Waals surface area contributed by atoms with E-state index < -0.39 is 10.1 Å². The minimum Gasteiger partial charge on any atom is -0.358 e. The van der Waals surface area contributed by atoms with Gasteiger partial charge in [-0.05, 0) is 72.8 Å². The van der Waals surface area contributed by atoms with E-state index in [1.54, 1.807) is 32.0 Å². The summed E-state index contributed by atoms with van der Waals surface area (Å²) in [7, 11) is -4.10. The molecular formula is C31H51NO3PdS. The van der Waals surface area contributed by atoms with Crippen molar-refractivity contribution in [1.82, 2.24) is 4.98 Å². The van der Waals surface area contributed by atoms with Crippen LogP contribution in [0.15, 0.2) is 47.4 Å². The zero-order chi connectivity index (χ0) is 27.0. The SMILES string of the molecule is CC1CCC(C(C)C)C(C(C)(C)C)C1.C[C-](C)c1ccccc1S(=O)(=O)O.Cc1cccc(C)n1.[CH3-].[Pd+2]. The number of pyridine rings is 1. The van der Waals surface area contributed by atoms with E-state index >= 15 is 0 Å². The summed E-state index contributed by atoms with van der Waals surface area (Å²) in [6.45, 7) is 22.1. The largest absolute Gasteiger partial charge is 2.00 e. The van der Waals surface area contributed by atoms with Gasteiger partial charge in [0.2, 0.25) is 10.1 Å². The first kappa shape index (κ1) is 38.0. The molecule has 1 fully saturated rings. The van der Waals surface area contributed by atoms with E-state index in [4.69, 9.17) is 4.55 Å². The third kappa shape index (κ3) is 13.4. The van der Waals surface area contributed by atoms with E-state index in [0.29, 0.717) is 11.0 Å². The minimum absolute atomic E-state index is 0. The standard InChI is InChI=1S/C14H28.C9H11O3S.C7H9N.CH3.Pd/c1-10(2)12-8-7-11(3)9-13(12)14(4,5)6;1-7(2)8-5-3-4-6-9(8)13(10,11)12;1-6-4-3-5-7(2)8-6;;/h10-13H,7-9H2,1-6H3;3-6H,1-2H3,(H,10,11,12);3-5H,1-2H3;1H3;/q;-1;;-1;+2. The average molecular weight is 624 g/mol. The predicted octanol–water partition coefficient (Wildman–Crippen LogP) is 8.78. The predicted molar refractivity (Wildman–Crippen MR) is 154 cm³/mol. The molecule has 0 amide bonds. The van der Waals surface area contributed by atoms with Crippen molar-refractivity contribution in [3.63, 3.8) is 0 Å². The second kappa shape index (κ2) is 16.7. The van der Waals surface area contributed by atoms with Crippen LogP contribution >= 0.6 is 0 Å². The summed E-state index contributed by atoms with van der Waals surface area (Å²) in [5, 5.41) is 0. The van der Waals surface area contributed by atoms with Gasteiger partial charge in [-0.2, -0.15) is 17.5 Å². The van der Waals surface area contributed by atoms with E-state index in [9.17, 15) is 8.42 Å². The van der Waals surface area contributed by atoms with Crippen LogP contribution in [0.3, 0.4) is 0 Å². The van der Waals surface area contributed by atoms with Crippen LogP contribution in [0.5, 0.6) is 0 Å². The first-order valence-electron chi connectivity index (χ1n) is 12.8. The second-order valence-electron chi connectivity index (χ2n) is 11.7. The number of hydrogen-bond donors (Lipinski definition) is 1. The molecule has 1 heterocycles. The minimum atomic E-state index is -4.10. The van der Waals surface area contributed by atoms with Crippen LogP contribution in [0.4, 0.5) is 0 Å². The van der Waals surface area contributed by atoms with Crippen molar-refractivity contribution in [3.8, 4) is 0 Å². The third-order valence-electron chi connectivity index (χ3n) is 6.87. The smallest absolute Gasteiger partial charge is 0.358 e. The summed E-state index contributed by atoms with van der Waals surface area (Å²) in [6.07, 6.45) is 4.36. The van der Waals surface area contributed by atoms with Crippen molar-refractivity contribution in [2.45, 2.75) is 93.4 Å². The molecule has 37 heavy (non-hydrogen) atoms. The van der Waals surface area contributed by atoms with Crippen LogP contribution in [0.1, 0.15) is 91.6 Å². The number of nitrogens with zero attached hydrogens (tertiary/aromatic N) is 1. The third-order valence-corrected chi connectivity index (χ3v) is 7.78. The molecular weight excluding hydrogens is 573 g/mol. The van der Waals surface area contributed by atoms with Crippen LogP contribution in [0.2, 0.25) is 0 Å². The Bertz CT molecular complexity index is 996. The van der Waals surface area contributed by atoms with E-state index in [1.165, 1.54) is 25.3 Å². The number of aromatic nitrogens is 1. The Morgan fingerprint density at radius 3 is 1.84 bits per heavy atom. The summed E-state index contributed by atoms with van der Waals surface area (Å²) >= 11 is 0. The van der Waals surface area contributed by atoms with Gasteiger partial charge in [-0.15, -0.1) is 6.07 Å². The Morgan fingerprint density at radius 2 is 1.49 bits per heavy atom. The van der Waals surface area contributed by atoms with Crippen LogP contribution in [0, 0.1) is 56.3 Å². The van der Waals surface area contributed by atoms with Gasteiger partial charge in [-0.3, -0.25) is 9.54 Å². The molecule has 3 unspecified atom stereocenters. The zero-order valence-corrected chi connectivity index (χ0v) is 27.3. The number of rotatable bonds is 3. The monoisotopic (exact) mass is 623 g/mol. The summed E-state index contributed by atoms with van der Waals surface area (Å²) in [4.78, 5) is 4.14. The number of benzene rings is 1. The molecule has 1 aliphatic carbocycles. The van der Waals surface area contributed by atoms with E-state index in [0.717, 1.165) is 41.0 Å². The van der Waals surface area contributed by atoms with Gasteiger partial charge in [0.05, 0.1) is 0 Å². The van der Waals surface area contributed by atoms with Gasteiger partial charge in [-0.25, -0.2) is 8.42 Å². The second-order valence-corrected chi connectivity index (χ2v) is 13.1. The molecule has 1 aliphatic rings.